The Kier molecular flexibility index (Phi) is 4.88. The van der Waals surface area contributed by atoms with Crippen molar-refractivity contribution >= 4 is 12.3 Å². The van der Waals surface area contributed by atoms with Crippen molar-refractivity contribution in [1.29, 1.82) is 0 Å². The molecule has 17 heavy (non-hydrogen) atoms. The third-order valence-corrected chi connectivity index (χ3v) is 2.57. The Hall–Kier alpha value is -1.64. The van der Waals surface area contributed by atoms with Gasteiger partial charge in [0.1, 0.15) is 12.2 Å². The minimum atomic E-state index is -0.812. The highest BCUT2D eigenvalue weighted by atomic mass is 16.5. The van der Waals surface area contributed by atoms with Crippen molar-refractivity contribution in [2.75, 3.05) is 7.11 Å². The van der Waals surface area contributed by atoms with Crippen molar-refractivity contribution < 1.29 is 14.3 Å². The topological polar surface area (TPSA) is 43.4 Å². The van der Waals surface area contributed by atoms with Crippen LogP contribution in [0.4, 0.5) is 0 Å². The number of carbonyl (C=O) groups excluding carboxylic acids is 2. The molecule has 0 N–H and O–H groups in total. The maximum Gasteiger partial charge on any atom is 0.320 e. The molecule has 1 aromatic rings. The molecule has 0 heterocycles. The monoisotopic (exact) mass is 234 g/mol. The fourth-order valence-electron chi connectivity index (χ4n) is 1.73. The van der Waals surface area contributed by atoms with E-state index >= 15 is 0 Å². The predicted molar refractivity (Wildman–Crippen MR) is 65.8 cm³/mol. The summed E-state index contributed by atoms with van der Waals surface area (Å²) in [6.45, 7) is 4.30. The van der Waals surface area contributed by atoms with E-state index in [1.54, 1.807) is 0 Å². The molecule has 1 rings (SSSR count). The summed E-state index contributed by atoms with van der Waals surface area (Å²) >= 11 is 0. The van der Waals surface area contributed by atoms with E-state index in [9.17, 15) is 9.59 Å². The molecule has 0 bridgehead atoms. The van der Waals surface area contributed by atoms with Crippen molar-refractivity contribution in [1.82, 2.24) is 0 Å². The van der Waals surface area contributed by atoms with Gasteiger partial charge in [0.2, 0.25) is 0 Å². The summed E-state index contributed by atoms with van der Waals surface area (Å²) in [6.07, 6.45) is 1.60. The molecule has 0 aliphatic carbocycles. The van der Waals surface area contributed by atoms with Crippen LogP contribution in [0.2, 0.25) is 0 Å². The lowest BCUT2D eigenvalue weighted by Crippen LogP contribution is -2.15. The molecular formula is C14H18O3. The molecule has 0 aromatic heterocycles. The largest absolute Gasteiger partial charge is 0.468 e. The normalized spacial score (nSPS) is 12.2. The van der Waals surface area contributed by atoms with Crippen LogP contribution in [0.5, 0.6) is 0 Å². The third-order valence-electron chi connectivity index (χ3n) is 2.57. The van der Waals surface area contributed by atoms with Crippen LogP contribution in [0.15, 0.2) is 24.3 Å². The van der Waals surface area contributed by atoms with Gasteiger partial charge in [0, 0.05) is 0 Å². The van der Waals surface area contributed by atoms with Crippen LogP contribution in [0, 0.1) is 5.92 Å². The standard InChI is InChI=1S/C14H18O3/c1-10(2)8-11-4-6-12(7-5-11)13(9-15)14(16)17-3/h4-7,9-10,13H,8H2,1-3H3. The van der Waals surface area contributed by atoms with Gasteiger partial charge in [-0.1, -0.05) is 38.1 Å². The van der Waals surface area contributed by atoms with E-state index < -0.39 is 11.9 Å². The Morgan fingerprint density at radius 3 is 2.29 bits per heavy atom. The quantitative estimate of drug-likeness (QED) is 0.446. The average Bonchev–Trinajstić information content (AvgIpc) is 2.31. The number of benzene rings is 1. The molecule has 1 unspecified atom stereocenters. The van der Waals surface area contributed by atoms with Crippen molar-refractivity contribution in [3.8, 4) is 0 Å². The zero-order valence-electron chi connectivity index (χ0n) is 10.5. The molecule has 1 atom stereocenters. The fourth-order valence-corrected chi connectivity index (χ4v) is 1.73. The van der Waals surface area contributed by atoms with E-state index in [1.165, 1.54) is 12.7 Å². The molecule has 0 spiro atoms. The summed E-state index contributed by atoms with van der Waals surface area (Å²) in [5.41, 5.74) is 1.89. The second-order valence-electron chi connectivity index (χ2n) is 4.48. The van der Waals surface area contributed by atoms with Crippen molar-refractivity contribution in [2.45, 2.75) is 26.2 Å². The first-order valence-electron chi connectivity index (χ1n) is 5.70. The summed E-state index contributed by atoms with van der Waals surface area (Å²) in [4.78, 5) is 22.2. The Balaban J connectivity index is 2.85. The molecule has 0 radical (unpaired) electrons. The lowest BCUT2D eigenvalue weighted by atomic mass is 9.96. The highest BCUT2D eigenvalue weighted by Gasteiger charge is 2.20. The molecule has 0 saturated heterocycles. The minimum Gasteiger partial charge on any atom is -0.468 e. The number of aldehydes is 1. The van der Waals surface area contributed by atoms with E-state index in [4.69, 9.17) is 0 Å². The number of esters is 1. The number of methoxy groups -OCH3 is 1. The average molecular weight is 234 g/mol. The summed E-state index contributed by atoms with van der Waals surface area (Å²) in [5, 5.41) is 0. The Bertz CT molecular complexity index is 379. The number of rotatable bonds is 5. The van der Waals surface area contributed by atoms with E-state index in [0.717, 1.165) is 6.42 Å². The van der Waals surface area contributed by atoms with Gasteiger partial charge in [-0.3, -0.25) is 4.79 Å². The highest BCUT2D eigenvalue weighted by molar-refractivity contribution is 5.94. The van der Waals surface area contributed by atoms with Crippen LogP contribution in [0.25, 0.3) is 0 Å². The van der Waals surface area contributed by atoms with Gasteiger partial charge in [0.25, 0.3) is 0 Å². The predicted octanol–water partition coefficient (Wildman–Crippen LogP) is 2.34. The first kappa shape index (κ1) is 13.4. The fraction of sp³-hybridized carbons (Fsp3) is 0.429. The second-order valence-corrected chi connectivity index (χ2v) is 4.48. The maximum atomic E-state index is 11.4. The molecule has 0 aliphatic heterocycles. The van der Waals surface area contributed by atoms with Crippen molar-refractivity contribution in [3.63, 3.8) is 0 Å². The first-order chi connectivity index (χ1) is 8.08. The molecule has 0 saturated carbocycles. The molecule has 0 amide bonds. The Morgan fingerprint density at radius 1 is 1.29 bits per heavy atom. The van der Waals surface area contributed by atoms with Gasteiger partial charge >= 0.3 is 5.97 Å². The molecule has 1 aromatic carbocycles. The van der Waals surface area contributed by atoms with Gasteiger partial charge in [0.05, 0.1) is 7.11 Å². The molecule has 0 aliphatic rings. The maximum absolute atomic E-state index is 11.4. The molecule has 3 heteroatoms. The van der Waals surface area contributed by atoms with Crippen LogP contribution in [-0.2, 0) is 20.7 Å². The number of ether oxygens (including phenoxy) is 1. The Labute approximate surface area is 102 Å². The summed E-state index contributed by atoms with van der Waals surface area (Å²) in [5.74, 6) is -0.743. The van der Waals surface area contributed by atoms with Crippen molar-refractivity contribution in [3.05, 3.63) is 35.4 Å². The molecular weight excluding hydrogens is 216 g/mol. The minimum absolute atomic E-state index is 0.517. The SMILES string of the molecule is COC(=O)C(C=O)c1ccc(CC(C)C)cc1. The lowest BCUT2D eigenvalue weighted by Gasteiger charge is -2.10. The van der Waals surface area contributed by atoms with Gasteiger partial charge in [-0.2, -0.15) is 0 Å². The third kappa shape index (κ3) is 3.70. The Morgan fingerprint density at radius 2 is 1.88 bits per heavy atom. The van der Waals surface area contributed by atoms with E-state index in [-0.39, 0.29) is 0 Å². The van der Waals surface area contributed by atoms with Gasteiger partial charge in [0.15, 0.2) is 0 Å². The molecule has 0 fully saturated rings. The zero-order chi connectivity index (χ0) is 12.8. The van der Waals surface area contributed by atoms with E-state index in [1.807, 2.05) is 24.3 Å². The van der Waals surface area contributed by atoms with Gasteiger partial charge in [-0.25, -0.2) is 0 Å². The van der Waals surface area contributed by atoms with Crippen LogP contribution >= 0.6 is 0 Å². The first-order valence-corrected chi connectivity index (χ1v) is 5.70. The number of carbonyl (C=O) groups is 2. The van der Waals surface area contributed by atoms with Gasteiger partial charge in [-0.05, 0) is 23.5 Å². The summed E-state index contributed by atoms with van der Waals surface area (Å²) < 4.78 is 4.58. The number of hydrogen-bond acceptors (Lipinski definition) is 3. The van der Waals surface area contributed by atoms with Crippen LogP contribution in [0.1, 0.15) is 30.9 Å². The lowest BCUT2D eigenvalue weighted by molar-refractivity contribution is -0.143. The zero-order valence-corrected chi connectivity index (χ0v) is 10.5. The van der Waals surface area contributed by atoms with Crippen LogP contribution in [0.3, 0.4) is 0 Å². The van der Waals surface area contributed by atoms with E-state index in [0.29, 0.717) is 17.8 Å². The number of hydrogen-bond donors (Lipinski definition) is 0. The van der Waals surface area contributed by atoms with Crippen molar-refractivity contribution in [2.24, 2.45) is 5.92 Å². The summed E-state index contributed by atoms with van der Waals surface area (Å²) in [6, 6.07) is 7.53. The molecule has 92 valence electrons. The van der Waals surface area contributed by atoms with Crippen LogP contribution in [-0.4, -0.2) is 19.4 Å². The highest BCUT2D eigenvalue weighted by Crippen LogP contribution is 2.17. The van der Waals surface area contributed by atoms with Gasteiger partial charge < -0.3 is 9.53 Å². The summed E-state index contributed by atoms with van der Waals surface area (Å²) in [7, 11) is 1.28. The van der Waals surface area contributed by atoms with Crippen LogP contribution < -0.4 is 0 Å². The molecule has 3 nitrogen and oxygen atoms in total. The smallest absolute Gasteiger partial charge is 0.320 e. The van der Waals surface area contributed by atoms with E-state index in [2.05, 4.69) is 18.6 Å². The second kappa shape index (κ2) is 6.18. The van der Waals surface area contributed by atoms with Gasteiger partial charge in [-0.15, -0.1) is 0 Å².